The van der Waals surface area contributed by atoms with Crippen LogP contribution in [0, 0.1) is 0 Å². The Morgan fingerprint density at radius 1 is 1.11 bits per heavy atom. The van der Waals surface area contributed by atoms with Crippen LogP contribution in [0.5, 0.6) is 11.5 Å². The largest absolute Gasteiger partial charge is 0.454 e. The van der Waals surface area contributed by atoms with Gasteiger partial charge in [-0.1, -0.05) is 23.7 Å². The molecule has 1 aliphatic heterocycles. The zero-order valence-electron chi connectivity index (χ0n) is 9.68. The van der Waals surface area contributed by atoms with Gasteiger partial charge in [0.05, 0.1) is 0 Å². The number of nitrogens with zero attached hydrogens (tertiary/aromatic N) is 1. The zero-order chi connectivity index (χ0) is 12.5. The lowest BCUT2D eigenvalue weighted by Gasteiger charge is -2.08. The molecule has 0 atom stereocenters. The first kappa shape index (κ1) is 11.6. The molecule has 4 heteroatoms. The number of benzene rings is 2. The van der Waals surface area contributed by atoms with Crippen molar-refractivity contribution in [2.75, 3.05) is 6.26 Å². The Labute approximate surface area is 115 Å². The van der Waals surface area contributed by atoms with E-state index in [-0.39, 0.29) is 0 Å². The van der Waals surface area contributed by atoms with E-state index in [4.69, 9.17) is 16.3 Å². The summed E-state index contributed by atoms with van der Waals surface area (Å²) in [5, 5.41) is 1.60. The van der Waals surface area contributed by atoms with Gasteiger partial charge in [0.2, 0.25) is 0 Å². The van der Waals surface area contributed by atoms with Crippen LogP contribution in [0.25, 0.3) is 0 Å². The highest BCUT2D eigenvalue weighted by Crippen LogP contribution is 2.40. The van der Waals surface area contributed by atoms with Crippen LogP contribution in [0.3, 0.4) is 0 Å². The van der Waals surface area contributed by atoms with Crippen LogP contribution >= 0.6 is 23.4 Å². The highest BCUT2D eigenvalue weighted by Gasteiger charge is 2.17. The average molecular weight is 276 g/mol. The van der Waals surface area contributed by atoms with Crippen molar-refractivity contribution in [1.82, 2.24) is 0 Å². The van der Waals surface area contributed by atoms with Gasteiger partial charge in [0.15, 0.2) is 5.75 Å². The van der Waals surface area contributed by atoms with Gasteiger partial charge in [-0.2, -0.15) is 0 Å². The third-order valence-electron chi connectivity index (χ3n) is 2.67. The van der Waals surface area contributed by atoms with Crippen molar-refractivity contribution in [2.24, 2.45) is 4.99 Å². The minimum Gasteiger partial charge on any atom is -0.454 e. The molecule has 1 aliphatic rings. The van der Waals surface area contributed by atoms with Crippen LogP contribution in [0.4, 0.5) is 5.69 Å². The van der Waals surface area contributed by atoms with Crippen molar-refractivity contribution >= 4 is 34.1 Å². The fourth-order valence-corrected chi connectivity index (χ4v) is 2.58. The van der Waals surface area contributed by atoms with Gasteiger partial charge in [0.25, 0.3) is 0 Å². The molecule has 0 N–H and O–H groups in total. The van der Waals surface area contributed by atoms with E-state index in [1.165, 1.54) is 0 Å². The number of rotatable bonds is 0. The molecule has 0 aliphatic carbocycles. The third-order valence-corrected chi connectivity index (χ3v) is 3.61. The zero-order valence-corrected chi connectivity index (χ0v) is 11.3. The van der Waals surface area contributed by atoms with E-state index in [1.807, 2.05) is 48.7 Å². The molecule has 0 spiro atoms. The van der Waals surface area contributed by atoms with Gasteiger partial charge in [0, 0.05) is 10.6 Å². The lowest BCUT2D eigenvalue weighted by Crippen LogP contribution is -1.95. The smallest absolute Gasteiger partial charge is 0.153 e. The first-order valence-corrected chi connectivity index (χ1v) is 7.07. The summed E-state index contributed by atoms with van der Waals surface area (Å²) in [5.41, 5.74) is 1.78. The number of para-hydroxylation sites is 1. The predicted molar refractivity (Wildman–Crippen MR) is 77.7 cm³/mol. The normalized spacial score (nSPS) is 12.9. The van der Waals surface area contributed by atoms with E-state index in [9.17, 15) is 0 Å². The molecule has 0 aromatic heterocycles. The molecular formula is C14H10ClNOS. The molecule has 0 saturated carbocycles. The van der Waals surface area contributed by atoms with E-state index in [1.54, 1.807) is 11.8 Å². The van der Waals surface area contributed by atoms with Gasteiger partial charge < -0.3 is 4.74 Å². The van der Waals surface area contributed by atoms with Crippen LogP contribution in [-0.4, -0.2) is 11.3 Å². The molecule has 0 fully saturated rings. The fraction of sp³-hybridized carbons (Fsp3) is 0.0714. The Hall–Kier alpha value is -1.45. The monoisotopic (exact) mass is 275 g/mol. The highest BCUT2D eigenvalue weighted by atomic mass is 35.5. The average Bonchev–Trinajstić information content (AvgIpc) is 2.54. The predicted octanol–water partition coefficient (Wildman–Crippen LogP) is 4.89. The van der Waals surface area contributed by atoms with E-state index >= 15 is 0 Å². The van der Waals surface area contributed by atoms with Gasteiger partial charge in [-0.3, -0.25) is 0 Å². The Morgan fingerprint density at radius 2 is 1.94 bits per heavy atom. The maximum Gasteiger partial charge on any atom is 0.153 e. The van der Waals surface area contributed by atoms with E-state index in [0.29, 0.717) is 5.02 Å². The molecule has 0 saturated heterocycles. The molecule has 0 amide bonds. The van der Waals surface area contributed by atoms with Crippen molar-refractivity contribution in [3.8, 4) is 11.5 Å². The van der Waals surface area contributed by atoms with Gasteiger partial charge in [0.1, 0.15) is 16.5 Å². The van der Waals surface area contributed by atoms with Crippen molar-refractivity contribution in [3.63, 3.8) is 0 Å². The summed E-state index contributed by atoms with van der Waals surface area (Å²) in [4.78, 5) is 4.63. The van der Waals surface area contributed by atoms with Crippen LogP contribution in [-0.2, 0) is 0 Å². The summed E-state index contributed by atoms with van der Waals surface area (Å²) in [6.45, 7) is 0. The van der Waals surface area contributed by atoms with Crippen LogP contribution < -0.4 is 4.74 Å². The second-order valence-electron chi connectivity index (χ2n) is 3.83. The third kappa shape index (κ3) is 2.00. The SMILES string of the molecule is CSC1=Nc2cc(Cl)ccc2Oc2ccccc21. The maximum atomic E-state index is 6.00. The number of fused-ring (bicyclic) bond motifs is 2. The lowest BCUT2D eigenvalue weighted by atomic mass is 10.2. The molecule has 90 valence electrons. The van der Waals surface area contributed by atoms with Crippen LogP contribution in [0.15, 0.2) is 47.5 Å². The molecule has 2 nitrogen and oxygen atoms in total. The topological polar surface area (TPSA) is 21.6 Å². The molecule has 1 heterocycles. The minimum atomic E-state index is 0.660. The molecule has 0 unspecified atom stereocenters. The molecule has 2 aromatic rings. The number of aliphatic imine (C=N–C) groups is 1. The van der Waals surface area contributed by atoms with Crippen LogP contribution in [0.2, 0.25) is 5.02 Å². The quantitative estimate of drug-likeness (QED) is 0.683. The first-order chi connectivity index (χ1) is 8.78. The Bertz CT molecular complexity index is 639. The van der Waals surface area contributed by atoms with Crippen molar-refractivity contribution in [2.45, 2.75) is 0 Å². The second kappa shape index (κ2) is 4.67. The summed E-state index contributed by atoms with van der Waals surface area (Å²) in [6, 6.07) is 13.4. The Morgan fingerprint density at radius 3 is 2.78 bits per heavy atom. The van der Waals surface area contributed by atoms with E-state index < -0.39 is 0 Å². The summed E-state index contributed by atoms with van der Waals surface area (Å²) in [7, 11) is 0. The van der Waals surface area contributed by atoms with Gasteiger partial charge >= 0.3 is 0 Å². The lowest BCUT2D eigenvalue weighted by molar-refractivity contribution is 0.485. The number of ether oxygens (including phenoxy) is 1. The standard InChI is InChI=1S/C14H10ClNOS/c1-18-14-10-4-2-3-5-12(10)17-13-7-6-9(15)8-11(13)16-14/h2-8H,1H3. The van der Waals surface area contributed by atoms with E-state index in [0.717, 1.165) is 27.8 Å². The highest BCUT2D eigenvalue weighted by molar-refractivity contribution is 8.13. The van der Waals surface area contributed by atoms with Crippen LogP contribution in [0.1, 0.15) is 5.56 Å². The van der Waals surface area contributed by atoms with E-state index in [2.05, 4.69) is 4.99 Å². The fourth-order valence-electron chi connectivity index (χ4n) is 1.84. The molecule has 3 rings (SSSR count). The number of hydrogen-bond acceptors (Lipinski definition) is 3. The van der Waals surface area contributed by atoms with Crippen molar-refractivity contribution in [1.29, 1.82) is 0 Å². The molecule has 0 radical (unpaired) electrons. The minimum absolute atomic E-state index is 0.660. The second-order valence-corrected chi connectivity index (χ2v) is 5.06. The summed E-state index contributed by atoms with van der Waals surface area (Å²) in [5.74, 6) is 1.56. The first-order valence-electron chi connectivity index (χ1n) is 5.47. The summed E-state index contributed by atoms with van der Waals surface area (Å²) >= 11 is 7.60. The Balaban J connectivity index is 2.24. The Kier molecular flexibility index (Phi) is 3.02. The van der Waals surface area contributed by atoms with Crippen molar-refractivity contribution in [3.05, 3.63) is 53.1 Å². The molecular weight excluding hydrogens is 266 g/mol. The molecule has 2 aromatic carbocycles. The summed E-state index contributed by atoms with van der Waals surface area (Å²) < 4.78 is 5.90. The number of halogens is 1. The maximum absolute atomic E-state index is 6.00. The van der Waals surface area contributed by atoms with Crippen molar-refractivity contribution < 1.29 is 4.74 Å². The summed E-state index contributed by atoms with van der Waals surface area (Å²) in [6.07, 6.45) is 2.01. The molecule has 18 heavy (non-hydrogen) atoms. The van der Waals surface area contributed by atoms with Gasteiger partial charge in [-0.05, 0) is 36.6 Å². The number of hydrogen-bond donors (Lipinski definition) is 0. The van der Waals surface area contributed by atoms with Gasteiger partial charge in [-0.15, -0.1) is 11.8 Å². The molecule has 0 bridgehead atoms. The number of thioether (sulfide) groups is 1. The van der Waals surface area contributed by atoms with Gasteiger partial charge in [-0.25, -0.2) is 4.99 Å².